The van der Waals surface area contributed by atoms with Crippen LogP contribution in [0.4, 0.5) is 22.7 Å². The van der Waals surface area contributed by atoms with Gasteiger partial charge in [-0.2, -0.15) is 0 Å². The summed E-state index contributed by atoms with van der Waals surface area (Å²) in [6.45, 7) is 33.2. The molecule has 8 amide bonds. The topological polar surface area (TPSA) is 150 Å². The van der Waals surface area contributed by atoms with Crippen LogP contribution in [0.15, 0.2) is 243 Å². The summed E-state index contributed by atoms with van der Waals surface area (Å²) in [5, 5.41) is 8.11. The number of rotatable bonds is 12. The van der Waals surface area contributed by atoms with Crippen LogP contribution < -0.4 is 19.6 Å². The van der Waals surface area contributed by atoms with Crippen LogP contribution in [0.2, 0.25) is 0 Å². The average Bonchev–Trinajstić information content (AvgIpc) is 0.716. The highest BCUT2D eigenvalue weighted by molar-refractivity contribution is 6.41. The van der Waals surface area contributed by atoms with Crippen LogP contribution in [0.1, 0.15) is 285 Å². The molecule has 128 heavy (non-hydrogen) atoms. The number of carbonyl (C=O) groups is 8. The summed E-state index contributed by atoms with van der Waals surface area (Å²) < 4.78 is 0. The van der Waals surface area contributed by atoms with Crippen LogP contribution in [0.3, 0.4) is 0 Å². The van der Waals surface area contributed by atoms with Crippen molar-refractivity contribution in [3.8, 4) is 66.8 Å². The molecule has 0 atom stereocenters. The fraction of sp³-hybridized carbons (Fsp3) is 0.207. The number of para-hydroxylation sites is 4. The zero-order chi connectivity index (χ0) is 89.2. The first-order valence-electron chi connectivity index (χ1n) is 45.0. The fourth-order valence-electron chi connectivity index (χ4n) is 21.2. The van der Waals surface area contributed by atoms with Gasteiger partial charge in [0.15, 0.2) is 0 Å². The van der Waals surface area contributed by atoms with E-state index in [-0.39, 0.29) is 47.3 Å². The molecule has 0 N–H and O–H groups in total. The smallest absolute Gasteiger partial charge is 0.266 e. The van der Waals surface area contributed by atoms with Crippen molar-refractivity contribution in [2.75, 3.05) is 19.6 Å². The van der Waals surface area contributed by atoms with Crippen molar-refractivity contribution < 1.29 is 38.4 Å². The molecule has 12 heteroatoms. The molecule has 0 unspecified atom stereocenters. The molecule has 0 radical (unpaired) electrons. The van der Waals surface area contributed by atoms with Crippen molar-refractivity contribution in [1.29, 1.82) is 0 Å². The molecular weight excluding hydrogens is 1580 g/mol. The van der Waals surface area contributed by atoms with E-state index in [9.17, 15) is 0 Å². The van der Waals surface area contributed by atoms with Gasteiger partial charge in [-0.15, -0.1) is 0 Å². The summed E-state index contributed by atoms with van der Waals surface area (Å²) in [5.74, 6) is -4.26. The normalized spacial score (nSPS) is 14.2. The largest absolute Gasteiger partial charge is 0.268 e. The van der Waals surface area contributed by atoms with Gasteiger partial charge < -0.3 is 0 Å². The molecule has 12 aliphatic rings. The zero-order valence-corrected chi connectivity index (χ0v) is 74.8. The Kier molecular flexibility index (Phi) is 18.7. The molecule has 0 fully saturated rings. The number of carbonyl (C=O) groups excluding carboxylic acids is 8. The van der Waals surface area contributed by atoms with E-state index in [1.165, 1.54) is 19.6 Å². The Bertz CT molecular complexity index is 6780. The molecule has 0 aromatic heterocycles. The Hall–Kier alpha value is -14.4. The van der Waals surface area contributed by atoms with Gasteiger partial charge in [-0.05, 0) is 323 Å². The van der Waals surface area contributed by atoms with E-state index in [4.69, 9.17) is 0 Å². The minimum Gasteiger partial charge on any atom is -0.268 e. The second kappa shape index (κ2) is 29.6. The number of benzene rings is 16. The van der Waals surface area contributed by atoms with Crippen molar-refractivity contribution >= 4 is 135 Å². The van der Waals surface area contributed by atoms with Crippen LogP contribution in [0, 0.1) is 0 Å². The molecule has 20 bridgehead atoms. The molecule has 16 aromatic carbocycles. The third-order valence-electron chi connectivity index (χ3n) is 27.6. The molecular formula is C116H96N4O8. The summed E-state index contributed by atoms with van der Waals surface area (Å²) in [4.78, 5) is 135. The van der Waals surface area contributed by atoms with E-state index in [1.807, 2.05) is 146 Å². The number of amides is 8. The Labute approximate surface area is 744 Å². The molecule has 4 aliphatic heterocycles. The van der Waals surface area contributed by atoms with Crippen LogP contribution >= 0.6 is 0 Å². The first-order valence-corrected chi connectivity index (χ1v) is 45.0. The van der Waals surface area contributed by atoms with Crippen molar-refractivity contribution in [3.05, 3.63) is 332 Å². The lowest BCUT2D eigenvalue weighted by Gasteiger charge is -2.33. The van der Waals surface area contributed by atoms with Crippen LogP contribution in [-0.2, 0) is 0 Å². The van der Waals surface area contributed by atoms with Gasteiger partial charge in [-0.25, -0.2) is 19.6 Å². The summed E-state index contributed by atoms with van der Waals surface area (Å²) >= 11 is 0. The van der Waals surface area contributed by atoms with Gasteiger partial charge in [0.1, 0.15) is 0 Å². The molecule has 0 spiro atoms. The van der Waals surface area contributed by atoms with E-state index in [0.717, 1.165) is 111 Å². The Morgan fingerprint density at radius 2 is 0.289 bits per heavy atom. The van der Waals surface area contributed by atoms with Gasteiger partial charge in [0, 0.05) is 66.1 Å². The monoisotopic (exact) mass is 1670 g/mol. The molecule has 0 saturated carbocycles. The molecule has 628 valence electrons. The molecule has 8 aliphatic carbocycles. The van der Waals surface area contributed by atoms with Gasteiger partial charge in [-0.3, -0.25) is 38.4 Å². The summed E-state index contributed by atoms with van der Waals surface area (Å²) in [6.07, 6.45) is 0. The van der Waals surface area contributed by atoms with E-state index in [0.29, 0.717) is 133 Å². The first kappa shape index (κ1) is 80.7. The maximum atomic E-state index is 16.3. The van der Waals surface area contributed by atoms with Gasteiger partial charge in [0.2, 0.25) is 0 Å². The van der Waals surface area contributed by atoms with Crippen LogP contribution in [-0.4, -0.2) is 47.3 Å². The number of hydrogen-bond donors (Lipinski definition) is 0. The first-order chi connectivity index (χ1) is 61.4. The van der Waals surface area contributed by atoms with Crippen molar-refractivity contribution in [1.82, 2.24) is 0 Å². The van der Waals surface area contributed by atoms with E-state index in [2.05, 4.69) is 208 Å². The number of nitrogens with zero attached hydrogens (tertiary/aromatic N) is 4. The predicted octanol–water partition coefficient (Wildman–Crippen LogP) is 29.1. The second-order valence-corrected chi connectivity index (χ2v) is 38.3. The highest BCUT2D eigenvalue weighted by Gasteiger charge is 2.45. The Morgan fingerprint density at radius 3 is 0.430 bits per heavy atom. The highest BCUT2D eigenvalue weighted by atomic mass is 16.2. The van der Waals surface area contributed by atoms with Crippen molar-refractivity contribution in [3.63, 3.8) is 0 Å². The standard InChI is InChI=1S/C116H96N4O8/c1-57(2)85-21-17-22-86(58(3)4)105(85)117-109(121)93-49-73-41-81-45-77(53-97(101(81)93)113(117)125)78-46-82-42-74(50-94-102(82)98(54-78)114(126)118(110(94)122)106-87(59(5)6)23-18-24-88(106)60(7)8)71-35-31-68-40-72(36-32-67(68)39-71)76-44-84-48-80(56-100-104(84)96(52-76)112(124)120(116(100)128)108-91(63(13)14)27-20-28-92(108)64(15)16)79-47-83-43-75(70-34-30-65-37-69(73)33-29-66(65)38-70)51-95-103(83)99(55-79)115(127)119(111(95)123)107-89(61(9)10)25-19-26-90(107)62(11)12/h17-64H,1-16H3. The van der Waals surface area contributed by atoms with Gasteiger partial charge in [-0.1, -0.05) is 232 Å². The maximum absolute atomic E-state index is 16.3. The minimum atomic E-state index is -0.470. The van der Waals surface area contributed by atoms with E-state index < -0.39 is 47.3 Å². The maximum Gasteiger partial charge on any atom is 0.266 e. The van der Waals surface area contributed by atoms with Gasteiger partial charge in [0.25, 0.3) is 47.3 Å². The van der Waals surface area contributed by atoms with Gasteiger partial charge in [0.05, 0.1) is 22.7 Å². The third-order valence-corrected chi connectivity index (χ3v) is 27.6. The Morgan fingerprint density at radius 1 is 0.156 bits per heavy atom. The van der Waals surface area contributed by atoms with Crippen molar-refractivity contribution in [2.45, 2.75) is 158 Å². The van der Waals surface area contributed by atoms with E-state index in [1.54, 1.807) is 0 Å². The second-order valence-electron chi connectivity index (χ2n) is 38.3. The van der Waals surface area contributed by atoms with Crippen LogP contribution in [0.25, 0.3) is 131 Å². The molecule has 0 saturated heterocycles. The summed E-state index contributed by atoms with van der Waals surface area (Å²) in [7, 11) is 0. The van der Waals surface area contributed by atoms with Crippen LogP contribution in [0.5, 0.6) is 0 Å². The van der Waals surface area contributed by atoms with E-state index >= 15 is 38.4 Å². The number of hydrogen-bond acceptors (Lipinski definition) is 8. The summed E-state index contributed by atoms with van der Waals surface area (Å²) in [6, 6.07) is 80.5. The summed E-state index contributed by atoms with van der Waals surface area (Å²) in [5.41, 5.74) is 20.4. The zero-order valence-electron chi connectivity index (χ0n) is 74.8. The Balaban J connectivity index is 0.840. The van der Waals surface area contributed by atoms with Crippen molar-refractivity contribution in [2.24, 2.45) is 0 Å². The van der Waals surface area contributed by atoms with Gasteiger partial charge >= 0.3 is 0 Å². The highest BCUT2D eigenvalue weighted by Crippen LogP contribution is 2.52. The number of anilines is 4. The lowest BCUT2D eigenvalue weighted by molar-refractivity contribution is 0.0877. The fourth-order valence-corrected chi connectivity index (χ4v) is 21.2. The quantitative estimate of drug-likeness (QED) is 0.110. The lowest BCUT2D eigenvalue weighted by Crippen LogP contribution is -2.42. The minimum absolute atomic E-state index is 0.0754. The lowest BCUT2D eigenvalue weighted by atomic mass is 9.83. The third kappa shape index (κ3) is 12.3. The molecule has 4 heterocycles. The molecule has 12 nitrogen and oxygen atoms in total. The molecule has 16 aromatic rings. The molecule has 28 rings (SSSR count). The number of imide groups is 4. The average molecular weight is 1670 g/mol. The SMILES string of the molecule is CC(C)c1cccc(C(C)C)c1N1C(=O)c2cc3cc4cc(cc(c24)C1=O)-c1cc2c4c(cc(cc4c1)-c1ccc4cc(ccc4c1)-c1cc4c5c(cc(cc5c1)-c1cc5c6c(cc(cc6c1)-c1ccc6cc-3ccc6c1)C(=O)N(c1c(C(C)C)cccc1C(C)C)C5=O)C(=O)N(c1c(C(C)C)cccc1C(C)C)C4=O)C(=O)N(c1c(C(C)C)cccc1C(C)C)C2=O. The predicted molar refractivity (Wildman–Crippen MR) is 521 cm³/mol.